The SMILES string of the molecule is c1ccc2c(c1)sc1ccc(-c3cc4cc(c3)N(c3ccc5sc6ccccc6c5c3)c3cccc5c3sc3c(cccc35)N4c3ccc4sc5ccccc5c4c3)cc12. The van der Waals surface area contributed by atoms with Crippen LogP contribution in [0.1, 0.15) is 0 Å². The van der Waals surface area contributed by atoms with E-state index in [1.807, 2.05) is 45.3 Å². The van der Waals surface area contributed by atoms with Crippen LogP contribution in [0.2, 0.25) is 0 Å². The van der Waals surface area contributed by atoms with Crippen molar-refractivity contribution < 1.29 is 0 Å². The summed E-state index contributed by atoms with van der Waals surface area (Å²) in [6.45, 7) is 0. The minimum Gasteiger partial charge on any atom is -0.309 e. The first kappa shape index (κ1) is 33.3. The van der Waals surface area contributed by atoms with Crippen LogP contribution in [0.15, 0.2) is 182 Å². The summed E-state index contributed by atoms with van der Waals surface area (Å²) >= 11 is 7.52. The molecule has 0 N–H and O–H groups in total. The molecular formula is C54H30N2S4. The summed E-state index contributed by atoms with van der Waals surface area (Å²) in [7, 11) is 0. The molecule has 1 aliphatic heterocycles. The Kier molecular flexibility index (Phi) is 6.93. The Morgan fingerprint density at radius 2 is 0.667 bits per heavy atom. The monoisotopic (exact) mass is 834 g/mol. The van der Waals surface area contributed by atoms with Crippen LogP contribution >= 0.6 is 45.3 Å². The summed E-state index contributed by atoms with van der Waals surface area (Å²) in [4.78, 5) is 5.04. The first-order chi connectivity index (χ1) is 29.7. The Balaban J connectivity index is 1.10. The van der Waals surface area contributed by atoms with Gasteiger partial charge in [0.1, 0.15) is 0 Å². The molecule has 2 nitrogen and oxygen atoms in total. The van der Waals surface area contributed by atoms with Gasteiger partial charge in [-0.25, -0.2) is 0 Å². The number of benzene rings is 9. The third-order valence-electron chi connectivity index (χ3n) is 12.3. The lowest BCUT2D eigenvalue weighted by Crippen LogP contribution is -2.14. The fourth-order valence-corrected chi connectivity index (χ4v) is 14.2. The number of hydrogen-bond donors (Lipinski definition) is 0. The standard InChI is InChI=1S/C54H30N2S4/c1-4-16-47-37(9-1)42-27-31(19-22-50(42)57-47)32-25-35-28-36(26-32)56(34-21-24-52-44(30-34)39-11-3-6-18-49(39)59-52)46-15-8-13-41-40-12-7-14-45(53(40)60-54(41)46)55(35)33-20-23-51-43(29-33)38-10-2-5-17-48(38)58-51/h1-30H. The van der Waals surface area contributed by atoms with E-state index < -0.39 is 0 Å². The van der Waals surface area contributed by atoms with Gasteiger partial charge >= 0.3 is 0 Å². The zero-order valence-electron chi connectivity index (χ0n) is 31.8. The quantitative estimate of drug-likeness (QED) is 0.175. The van der Waals surface area contributed by atoms with E-state index >= 15 is 0 Å². The van der Waals surface area contributed by atoms with Gasteiger partial charge in [-0.2, -0.15) is 0 Å². The number of fused-ring (bicyclic) bond motifs is 12. The normalized spacial score (nSPS) is 12.9. The van der Waals surface area contributed by atoms with Crippen LogP contribution in [-0.2, 0) is 0 Å². The predicted molar refractivity (Wildman–Crippen MR) is 266 cm³/mol. The molecular weight excluding hydrogens is 805 g/mol. The van der Waals surface area contributed by atoms with E-state index in [4.69, 9.17) is 0 Å². The highest BCUT2D eigenvalue weighted by Gasteiger charge is 2.26. The third-order valence-corrected chi connectivity index (χ3v) is 17.1. The number of rotatable bonds is 3. The van der Waals surface area contributed by atoms with Crippen molar-refractivity contribution in [1.82, 2.24) is 0 Å². The van der Waals surface area contributed by atoms with E-state index in [1.54, 1.807) is 0 Å². The van der Waals surface area contributed by atoms with E-state index in [0.29, 0.717) is 0 Å². The summed E-state index contributed by atoms with van der Waals surface area (Å²) in [5.74, 6) is 0. The van der Waals surface area contributed by atoms with Crippen molar-refractivity contribution in [2.24, 2.45) is 0 Å². The molecule has 0 amide bonds. The van der Waals surface area contributed by atoms with Crippen LogP contribution in [0.4, 0.5) is 34.1 Å². The molecule has 1 aliphatic rings. The van der Waals surface area contributed by atoms with Crippen LogP contribution < -0.4 is 9.80 Å². The smallest absolute Gasteiger partial charge is 0.0640 e. The van der Waals surface area contributed by atoms with Gasteiger partial charge in [-0.05, 0) is 108 Å². The lowest BCUT2D eigenvalue weighted by atomic mass is 10.00. The Morgan fingerprint density at radius 1 is 0.250 bits per heavy atom. The molecule has 0 spiro atoms. The minimum atomic E-state index is 1.13. The molecule has 0 radical (unpaired) electrons. The van der Waals surface area contributed by atoms with Crippen molar-refractivity contribution in [3.8, 4) is 11.1 Å². The van der Waals surface area contributed by atoms with Gasteiger partial charge in [0, 0.05) is 94.0 Å². The third kappa shape index (κ3) is 4.79. The van der Waals surface area contributed by atoms with Crippen molar-refractivity contribution in [3.63, 3.8) is 0 Å². The molecule has 0 atom stereocenters. The summed E-state index contributed by atoms with van der Waals surface area (Å²) < 4.78 is 10.4. The maximum atomic E-state index is 2.52. The number of anilines is 6. The van der Waals surface area contributed by atoms with Crippen molar-refractivity contribution >= 4 is 160 Å². The molecule has 0 saturated carbocycles. The lowest BCUT2D eigenvalue weighted by molar-refractivity contribution is 1.27. The maximum Gasteiger partial charge on any atom is 0.0640 e. The molecule has 0 unspecified atom stereocenters. The van der Waals surface area contributed by atoms with Gasteiger partial charge in [0.2, 0.25) is 0 Å². The van der Waals surface area contributed by atoms with Crippen molar-refractivity contribution in [2.45, 2.75) is 0 Å². The summed E-state index contributed by atoms with van der Waals surface area (Å²) in [6.07, 6.45) is 0. The van der Waals surface area contributed by atoms with Gasteiger partial charge in [-0.1, -0.05) is 84.9 Å². The predicted octanol–water partition coefficient (Wildman–Crippen LogP) is 18.1. The highest BCUT2D eigenvalue weighted by Crippen LogP contribution is 2.53. The van der Waals surface area contributed by atoms with Gasteiger partial charge in [-0.3, -0.25) is 0 Å². The van der Waals surface area contributed by atoms with E-state index in [0.717, 1.165) is 22.7 Å². The van der Waals surface area contributed by atoms with Crippen LogP contribution in [0.25, 0.3) is 91.8 Å². The average Bonchev–Trinajstić information content (AvgIpc) is 4.07. The van der Waals surface area contributed by atoms with Crippen molar-refractivity contribution in [3.05, 3.63) is 182 Å². The summed E-state index contributed by atoms with van der Waals surface area (Å²) in [5, 5.41) is 10.4. The van der Waals surface area contributed by atoms with Gasteiger partial charge in [0.05, 0.1) is 20.8 Å². The zero-order valence-corrected chi connectivity index (χ0v) is 35.1. The molecule has 4 aromatic heterocycles. The summed E-state index contributed by atoms with van der Waals surface area (Å²) in [5.41, 5.74) is 9.33. The number of nitrogens with zero attached hydrogens (tertiary/aromatic N) is 2. The minimum absolute atomic E-state index is 1.13. The zero-order chi connectivity index (χ0) is 39.1. The first-order valence-electron chi connectivity index (χ1n) is 20.1. The Labute approximate surface area is 360 Å². The van der Waals surface area contributed by atoms with Gasteiger partial charge in [0.15, 0.2) is 0 Å². The highest BCUT2D eigenvalue weighted by atomic mass is 32.1. The molecule has 280 valence electrons. The second-order valence-corrected chi connectivity index (χ2v) is 20.0. The molecule has 14 rings (SSSR count). The van der Waals surface area contributed by atoms with Crippen molar-refractivity contribution in [2.75, 3.05) is 9.80 Å². The molecule has 0 saturated heterocycles. The largest absolute Gasteiger partial charge is 0.309 e. The second-order valence-electron chi connectivity index (χ2n) is 15.7. The van der Waals surface area contributed by atoms with Crippen LogP contribution in [-0.4, -0.2) is 0 Å². The first-order valence-corrected chi connectivity index (χ1v) is 23.4. The van der Waals surface area contributed by atoms with E-state index in [9.17, 15) is 0 Å². The van der Waals surface area contributed by atoms with Crippen LogP contribution in [0, 0.1) is 0 Å². The van der Waals surface area contributed by atoms with E-state index in [1.165, 1.54) is 103 Å². The molecule has 6 heteroatoms. The van der Waals surface area contributed by atoms with Crippen LogP contribution in [0.5, 0.6) is 0 Å². The fourth-order valence-electron chi connectivity index (χ4n) is 9.63. The molecule has 60 heavy (non-hydrogen) atoms. The Bertz CT molecular complexity index is 3740. The molecule has 0 fully saturated rings. The van der Waals surface area contributed by atoms with E-state index in [2.05, 4.69) is 192 Å². The van der Waals surface area contributed by atoms with E-state index in [-0.39, 0.29) is 0 Å². The van der Waals surface area contributed by atoms with Gasteiger partial charge in [-0.15, -0.1) is 45.3 Å². The Hall–Kier alpha value is -6.54. The molecule has 5 heterocycles. The summed E-state index contributed by atoms with van der Waals surface area (Å²) in [6, 6.07) is 68.6. The maximum absolute atomic E-state index is 2.52. The van der Waals surface area contributed by atoms with Crippen LogP contribution in [0.3, 0.4) is 0 Å². The van der Waals surface area contributed by atoms with Gasteiger partial charge < -0.3 is 9.80 Å². The second kappa shape index (κ2) is 12.5. The highest BCUT2D eigenvalue weighted by molar-refractivity contribution is 7.27. The Morgan fingerprint density at radius 3 is 1.17 bits per heavy atom. The number of thiophene rings is 4. The molecule has 4 bridgehead atoms. The molecule has 0 aliphatic carbocycles. The van der Waals surface area contributed by atoms with Crippen molar-refractivity contribution in [1.29, 1.82) is 0 Å². The fraction of sp³-hybridized carbons (Fsp3) is 0. The molecule has 13 aromatic rings. The topological polar surface area (TPSA) is 6.48 Å². The number of hydrogen-bond acceptors (Lipinski definition) is 6. The van der Waals surface area contributed by atoms with Gasteiger partial charge in [0.25, 0.3) is 0 Å². The lowest BCUT2D eigenvalue weighted by Gasteiger charge is -2.31. The molecule has 9 aromatic carbocycles. The average molecular weight is 835 g/mol.